The molecule has 1 heterocycles. The second kappa shape index (κ2) is 5.07. The van der Waals surface area contributed by atoms with Crippen LogP contribution in [0.25, 0.3) is 0 Å². The van der Waals surface area contributed by atoms with Crippen molar-refractivity contribution in [3.05, 3.63) is 34.3 Å². The Morgan fingerprint density at radius 2 is 2.24 bits per heavy atom. The molecule has 0 aliphatic carbocycles. The van der Waals surface area contributed by atoms with Gasteiger partial charge < -0.3 is 10.1 Å². The van der Waals surface area contributed by atoms with Crippen LogP contribution in [0.15, 0.2) is 18.2 Å². The fourth-order valence-corrected chi connectivity index (χ4v) is 2.16. The molecule has 1 aliphatic heterocycles. The maximum Gasteiger partial charge on any atom is 0.323 e. The highest BCUT2D eigenvalue weighted by atomic mass is 35.5. The second-order valence-corrected chi connectivity index (χ2v) is 4.97. The van der Waals surface area contributed by atoms with Crippen LogP contribution in [0.4, 0.5) is 0 Å². The summed E-state index contributed by atoms with van der Waals surface area (Å²) in [5.74, 6) is -0.189. The van der Waals surface area contributed by atoms with Gasteiger partial charge in [0, 0.05) is 11.6 Å². The lowest BCUT2D eigenvalue weighted by Gasteiger charge is -2.25. The van der Waals surface area contributed by atoms with Gasteiger partial charge >= 0.3 is 5.97 Å². The predicted octanol–water partition coefficient (Wildman–Crippen LogP) is 2.31. The summed E-state index contributed by atoms with van der Waals surface area (Å²) >= 11 is 5.95. The van der Waals surface area contributed by atoms with Gasteiger partial charge in [-0.05, 0) is 43.5 Å². The Morgan fingerprint density at radius 3 is 2.94 bits per heavy atom. The zero-order valence-corrected chi connectivity index (χ0v) is 10.8. The van der Waals surface area contributed by atoms with Crippen molar-refractivity contribution in [3.63, 3.8) is 0 Å². The minimum atomic E-state index is -0.261. The van der Waals surface area contributed by atoms with Crippen molar-refractivity contribution in [2.75, 3.05) is 0 Å². The molecular formula is C13H16ClNO2. The smallest absolute Gasteiger partial charge is 0.323 e. The van der Waals surface area contributed by atoms with E-state index in [1.54, 1.807) is 0 Å². The monoisotopic (exact) mass is 253 g/mol. The molecule has 0 saturated heterocycles. The molecule has 1 aromatic rings. The Balaban J connectivity index is 2.10. The summed E-state index contributed by atoms with van der Waals surface area (Å²) < 4.78 is 5.20. The quantitative estimate of drug-likeness (QED) is 0.822. The normalized spacial score (nSPS) is 18.9. The lowest BCUT2D eigenvalue weighted by molar-refractivity contribution is -0.150. The van der Waals surface area contributed by atoms with E-state index >= 15 is 0 Å². The number of fused-ring (bicyclic) bond motifs is 1. The van der Waals surface area contributed by atoms with Crippen LogP contribution in [-0.2, 0) is 22.5 Å². The molecule has 17 heavy (non-hydrogen) atoms. The lowest BCUT2D eigenvalue weighted by atomic mass is 9.96. The molecule has 92 valence electrons. The average Bonchev–Trinajstić information content (AvgIpc) is 2.27. The van der Waals surface area contributed by atoms with Crippen LogP contribution in [-0.4, -0.2) is 18.1 Å². The zero-order chi connectivity index (χ0) is 12.4. The number of nitrogens with one attached hydrogen (secondary N) is 1. The van der Waals surface area contributed by atoms with Crippen LogP contribution in [0.2, 0.25) is 5.02 Å². The van der Waals surface area contributed by atoms with Gasteiger partial charge in [-0.1, -0.05) is 17.7 Å². The van der Waals surface area contributed by atoms with Gasteiger partial charge in [-0.25, -0.2) is 0 Å². The van der Waals surface area contributed by atoms with Gasteiger partial charge in [0.05, 0.1) is 6.10 Å². The zero-order valence-electron chi connectivity index (χ0n) is 10.00. The largest absolute Gasteiger partial charge is 0.462 e. The molecule has 4 heteroatoms. The predicted molar refractivity (Wildman–Crippen MR) is 67.0 cm³/mol. The first-order chi connectivity index (χ1) is 8.06. The van der Waals surface area contributed by atoms with Crippen LogP contribution in [0.5, 0.6) is 0 Å². The summed E-state index contributed by atoms with van der Waals surface area (Å²) in [7, 11) is 0. The lowest BCUT2D eigenvalue weighted by Crippen LogP contribution is -2.43. The number of carbonyl (C=O) groups is 1. The maximum atomic E-state index is 11.8. The minimum absolute atomic E-state index is 0.0786. The van der Waals surface area contributed by atoms with Crippen molar-refractivity contribution < 1.29 is 9.53 Å². The molecule has 2 rings (SSSR count). The van der Waals surface area contributed by atoms with E-state index < -0.39 is 0 Å². The first-order valence-electron chi connectivity index (χ1n) is 5.77. The summed E-state index contributed by atoms with van der Waals surface area (Å²) in [4.78, 5) is 11.8. The van der Waals surface area contributed by atoms with Crippen molar-refractivity contribution in [1.82, 2.24) is 5.32 Å². The van der Waals surface area contributed by atoms with Crippen LogP contribution in [0, 0.1) is 0 Å². The molecular weight excluding hydrogens is 238 g/mol. The Labute approximate surface area is 106 Å². The minimum Gasteiger partial charge on any atom is -0.462 e. The highest BCUT2D eigenvalue weighted by Crippen LogP contribution is 2.21. The molecule has 3 nitrogen and oxygen atoms in total. The van der Waals surface area contributed by atoms with Gasteiger partial charge in [-0.15, -0.1) is 0 Å². The molecule has 0 aromatic heterocycles. The number of esters is 1. The summed E-state index contributed by atoms with van der Waals surface area (Å²) in [6, 6.07) is 5.53. The molecule has 0 bridgehead atoms. The molecule has 1 N–H and O–H groups in total. The first kappa shape index (κ1) is 12.4. The summed E-state index contributed by atoms with van der Waals surface area (Å²) in [6.07, 6.45) is 0.562. The molecule has 0 spiro atoms. The number of carbonyl (C=O) groups excluding carboxylic acids is 1. The molecule has 1 aromatic carbocycles. The van der Waals surface area contributed by atoms with E-state index in [2.05, 4.69) is 5.32 Å². The molecule has 0 amide bonds. The highest BCUT2D eigenvalue weighted by Gasteiger charge is 2.25. The van der Waals surface area contributed by atoms with Gasteiger partial charge in [0.25, 0.3) is 0 Å². The Kier molecular flexibility index (Phi) is 3.69. The van der Waals surface area contributed by atoms with Gasteiger partial charge in [-0.2, -0.15) is 0 Å². The van der Waals surface area contributed by atoms with E-state index in [1.165, 1.54) is 5.56 Å². The van der Waals surface area contributed by atoms with Gasteiger partial charge in [0.1, 0.15) is 6.04 Å². The number of hydrogen-bond donors (Lipinski definition) is 1. The van der Waals surface area contributed by atoms with E-state index in [0.717, 1.165) is 5.56 Å². The van der Waals surface area contributed by atoms with E-state index in [1.807, 2.05) is 32.0 Å². The van der Waals surface area contributed by atoms with Crippen molar-refractivity contribution in [2.45, 2.75) is 39.0 Å². The highest BCUT2D eigenvalue weighted by molar-refractivity contribution is 6.30. The summed E-state index contributed by atoms with van der Waals surface area (Å²) in [5.41, 5.74) is 2.32. The van der Waals surface area contributed by atoms with Crippen LogP contribution < -0.4 is 5.32 Å². The fraction of sp³-hybridized carbons (Fsp3) is 0.462. The molecule has 0 radical (unpaired) electrons. The van der Waals surface area contributed by atoms with Crippen LogP contribution in [0.1, 0.15) is 25.0 Å². The number of halogens is 1. The Bertz CT molecular complexity index is 431. The topological polar surface area (TPSA) is 38.3 Å². The SMILES string of the molecule is CC(C)OC(=O)C1Cc2cc(Cl)ccc2CN1. The van der Waals surface area contributed by atoms with Crippen molar-refractivity contribution in [2.24, 2.45) is 0 Å². The van der Waals surface area contributed by atoms with Crippen molar-refractivity contribution in [1.29, 1.82) is 0 Å². The fourth-order valence-electron chi connectivity index (χ4n) is 1.96. The van der Waals surface area contributed by atoms with E-state index in [4.69, 9.17) is 16.3 Å². The van der Waals surface area contributed by atoms with Gasteiger partial charge in [0.2, 0.25) is 0 Å². The number of ether oxygens (including phenoxy) is 1. The maximum absolute atomic E-state index is 11.8. The average molecular weight is 254 g/mol. The summed E-state index contributed by atoms with van der Waals surface area (Å²) in [6.45, 7) is 4.39. The Morgan fingerprint density at radius 1 is 1.47 bits per heavy atom. The van der Waals surface area contributed by atoms with Gasteiger partial charge in [-0.3, -0.25) is 4.79 Å². The molecule has 1 atom stereocenters. The number of benzene rings is 1. The third-order valence-electron chi connectivity index (χ3n) is 2.77. The molecule has 1 aliphatic rings. The van der Waals surface area contributed by atoms with Gasteiger partial charge in [0.15, 0.2) is 0 Å². The molecule has 0 fully saturated rings. The van der Waals surface area contributed by atoms with Crippen LogP contribution >= 0.6 is 11.6 Å². The number of rotatable bonds is 2. The summed E-state index contributed by atoms with van der Waals surface area (Å²) in [5, 5.41) is 3.89. The second-order valence-electron chi connectivity index (χ2n) is 4.54. The third kappa shape index (κ3) is 2.99. The van der Waals surface area contributed by atoms with E-state index in [-0.39, 0.29) is 18.1 Å². The van der Waals surface area contributed by atoms with Crippen molar-refractivity contribution >= 4 is 17.6 Å². The first-order valence-corrected chi connectivity index (χ1v) is 6.15. The number of hydrogen-bond acceptors (Lipinski definition) is 3. The third-order valence-corrected chi connectivity index (χ3v) is 3.00. The van der Waals surface area contributed by atoms with Crippen LogP contribution in [0.3, 0.4) is 0 Å². The van der Waals surface area contributed by atoms with E-state index in [9.17, 15) is 4.79 Å². The van der Waals surface area contributed by atoms with E-state index in [0.29, 0.717) is 18.0 Å². The van der Waals surface area contributed by atoms with Crippen molar-refractivity contribution in [3.8, 4) is 0 Å². The Hall–Kier alpha value is -1.06. The standard InChI is InChI=1S/C13H16ClNO2/c1-8(2)17-13(16)12-6-10-5-11(14)4-3-9(10)7-15-12/h3-5,8,12,15H,6-7H2,1-2H3. The molecule has 0 saturated carbocycles. The molecule has 1 unspecified atom stereocenters.